The van der Waals surface area contributed by atoms with E-state index in [0.29, 0.717) is 21.2 Å². The van der Waals surface area contributed by atoms with Gasteiger partial charge in [-0.1, -0.05) is 32.8 Å². The largest absolute Gasteiger partial charge is 0.433 e. The topological polar surface area (TPSA) is 59.3 Å². The van der Waals surface area contributed by atoms with E-state index in [0.717, 1.165) is 25.3 Å². The van der Waals surface area contributed by atoms with Gasteiger partial charge in [-0.05, 0) is 35.8 Å². The SMILES string of the molecule is C[C@@H]1[C@H](C)CCC[C@H]1NC(=O)c1cnn2c(C(F)(F)F)cc(-c3cccs3)nc12. The predicted octanol–water partition coefficient (Wildman–Crippen LogP) is 5.03. The standard InChI is InChI=1S/C20H21F3N4OS/c1-11-5-3-6-14(12(11)2)26-19(28)13-10-24-27-17(20(21,22)23)9-15(25-18(13)27)16-7-4-8-29-16/h4,7-12,14H,3,5-6H2,1-2H3,(H,26,28)/t11-,12-,14-/m1/s1. The first-order chi connectivity index (χ1) is 13.8. The number of nitrogens with one attached hydrogen (secondary N) is 1. The number of halogens is 3. The summed E-state index contributed by atoms with van der Waals surface area (Å²) < 4.78 is 41.6. The van der Waals surface area contributed by atoms with Crippen LogP contribution in [0, 0.1) is 11.8 Å². The van der Waals surface area contributed by atoms with Crippen LogP contribution in [-0.2, 0) is 6.18 Å². The van der Waals surface area contributed by atoms with E-state index in [1.165, 1.54) is 17.5 Å². The van der Waals surface area contributed by atoms with Gasteiger partial charge in [0.1, 0.15) is 5.56 Å². The first-order valence-electron chi connectivity index (χ1n) is 9.56. The number of amides is 1. The molecule has 1 amide bonds. The molecular weight excluding hydrogens is 401 g/mol. The molecule has 3 atom stereocenters. The summed E-state index contributed by atoms with van der Waals surface area (Å²) in [6.07, 6.45) is -0.463. The molecule has 1 aliphatic carbocycles. The lowest BCUT2D eigenvalue weighted by atomic mass is 9.78. The summed E-state index contributed by atoms with van der Waals surface area (Å²) in [6.45, 7) is 4.25. The molecule has 3 aromatic heterocycles. The zero-order chi connectivity index (χ0) is 20.8. The fourth-order valence-electron chi connectivity index (χ4n) is 3.91. The third kappa shape index (κ3) is 3.75. The number of nitrogens with zero attached hydrogens (tertiary/aromatic N) is 3. The summed E-state index contributed by atoms with van der Waals surface area (Å²) in [7, 11) is 0. The maximum absolute atomic E-state index is 13.6. The van der Waals surface area contributed by atoms with Gasteiger partial charge in [0, 0.05) is 6.04 Å². The average molecular weight is 422 g/mol. The molecule has 9 heteroatoms. The number of aromatic nitrogens is 3. The number of hydrogen-bond donors (Lipinski definition) is 1. The van der Waals surface area contributed by atoms with Crippen molar-refractivity contribution in [3.63, 3.8) is 0 Å². The number of hydrogen-bond acceptors (Lipinski definition) is 4. The summed E-state index contributed by atoms with van der Waals surface area (Å²) in [5, 5.41) is 8.60. The Morgan fingerprint density at radius 3 is 2.79 bits per heavy atom. The molecule has 0 spiro atoms. The van der Waals surface area contributed by atoms with E-state index >= 15 is 0 Å². The molecule has 3 aromatic rings. The van der Waals surface area contributed by atoms with Gasteiger partial charge in [-0.15, -0.1) is 11.3 Å². The van der Waals surface area contributed by atoms with Crippen LogP contribution < -0.4 is 5.32 Å². The van der Waals surface area contributed by atoms with E-state index in [2.05, 4.69) is 29.2 Å². The fourth-order valence-corrected chi connectivity index (χ4v) is 4.59. The Hall–Kier alpha value is -2.42. The van der Waals surface area contributed by atoms with Gasteiger partial charge in [0.15, 0.2) is 11.3 Å². The van der Waals surface area contributed by atoms with Gasteiger partial charge >= 0.3 is 6.18 Å². The lowest BCUT2D eigenvalue weighted by Crippen LogP contribution is -2.43. The zero-order valence-electron chi connectivity index (χ0n) is 16.0. The van der Waals surface area contributed by atoms with Crippen LogP contribution in [0.2, 0.25) is 0 Å². The minimum Gasteiger partial charge on any atom is -0.349 e. The molecule has 3 heterocycles. The smallest absolute Gasteiger partial charge is 0.349 e. The Morgan fingerprint density at radius 2 is 2.10 bits per heavy atom. The highest BCUT2D eigenvalue weighted by Gasteiger charge is 2.36. The summed E-state index contributed by atoms with van der Waals surface area (Å²) in [5.41, 5.74) is -0.810. The molecule has 29 heavy (non-hydrogen) atoms. The number of carbonyl (C=O) groups excluding carboxylic acids is 1. The van der Waals surface area contributed by atoms with Crippen LogP contribution in [0.15, 0.2) is 29.8 Å². The number of rotatable bonds is 3. The third-order valence-corrected chi connectivity index (χ3v) is 6.70. The van der Waals surface area contributed by atoms with Crippen molar-refractivity contribution < 1.29 is 18.0 Å². The molecule has 0 bridgehead atoms. The quantitative estimate of drug-likeness (QED) is 0.644. The predicted molar refractivity (Wildman–Crippen MR) is 105 cm³/mol. The van der Waals surface area contributed by atoms with Gasteiger partial charge in [0.05, 0.1) is 16.8 Å². The zero-order valence-corrected chi connectivity index (χ0v) is 16.8. The van der Waals surface area contributed by atoms with E-state index in [-0.39, 0.29) is 22.9 Å². The number of carbonyl (C=O) groups is 1. The van der Waals surface area contributed by atoms with Crippen molar-refractivity contribution in [3.8, 4) is 10.6 Å². The molecular formula is C20H21F3N4OS. The molecule has 1 N–H and O–H groups in total. The van der Waals surface area contributed by atoms with Crippen molar-refractivity contribution in [2.45, 2.75) is 45.3 Å². The second kappa shape index (κ2) is 7.44. The minimum atomic E-state index is -4.62. The second-order valence-electron chi connectivity index (χ2n) is 7.64. The molecule has 0 radical (unpaired) electrons. The Bertz CT molecular complexity index is 1030. The van der Waals surface area contributed by atoms with Crippen molar-refractivity contribution >= 4 is 22.9 Å². The molecule has 5 nitrogen and oxygen atoms in total. The molecule has 1 fully saturated rings. The Kier molecular flexibility index (Phi) is 5.10. The van der Waals surface area contributed by atoms with E-state index in [1.807, 2.05) is 0 Å². The van der Waals surface area contributed by atoms with Crippen molar-refractivity contribution in [1.82, 2.24) is 19.9 Å². The molecule has 0 aromatic carbocycles. The highest BCUT2D eigenvalue weighted by molar-refractivity contribution is 7.13. The first kappa shape index (κ1) is 19.9. The number of thiophene rings is 1. The van der Waals surface area contributed by atoms with Crippen LogP contribution in [0.25, 0.3) is 16.2 Å². The van der Waals surface area contributed by atoms with Gasteiger partial charge in [-0.3, -0.25) is 4.79 Å². The van der Waals surface area contributed by atoms with Gasteiger partial charge in [0.2, 0.25) is 0 Å². The molecule has 0 aliphatic heterocycles. The maximum atomic E-state index is 13.6. The van der Waals surface area contributed by atoms with Crippen molar-refractivity contribution in [1.29, 1.82) is 0 Å². The first-order valence-corrected chi connectivity index (χ1v) is 10.4. The van der Waals surface area contributed by atoms with Gasteiger partial charge < -0.3 is 5.32 Å². The highest BCUT2D eigenvalue weighted by atomic mass is 32.1. The summed E-state index contributed by atoms with van der Waals surface area (Å²) >= 11 is 1.29. The lowest BCUT2D eigenvalue weighted by Gasteiger charge is -2.34. The highest BCUT2D eigenvalue weighted by Crippen LogP contribution is 2.34. The molecule has 4 rings (SSSR count). The van der Waals surface area contributed by atoms with E-state index in [1.54, 1.807) is 17.5 Å². The Labute approximate surface area is 170 Å². The fraction of sp³-hybridized carbons (Fsp3) is 0.450. The van der Waals surface area contributed by atoms with E-state index < -0.39 is 17.8 Å². The van der Waals surface area contributed by atoms with Crippen LogP contribution >= 0.6 is 11.3 Å². The molecule has 1 saturated carbocycles. The van der Waals surface area contributed by atoms with Gasteiger partial charge in [-0.2, -0.15) is 18.3 Å². The monoisotopic (exact) mass is 422 g/mol. The molecule has 0 unspecified atom stereocenters. The Morgan fingerprint density at radius 1 is 1.31 bits per heavy atom. The minimum absolute atomic E-state index is 0.0104. The van der Waals surface area contributed by atoms with Crippen molar-refractivity contribution in [2.75, 3.05) is 0 Å². The average Bonchev–Trinajstić information content (AvgIpc) is 3.33. The van der Waals surface area contributed by atoms with Gasteiger partial charge in [0.25, 0.3) is 5.91 Å². The van der Waals surface area contributed by atoms with Gasteiger partial charge in [-0.25, -0.2) is 9.50 Å². The van der Waals surface area contributed by atoms with E-state index in [4.69, 9.17) is 0 Å². The summed E-state index contributed by atoms with van der Waals surface area (Å²) in [5.74, 6) is 0.350. The van der Waals surface area contributed by atoms with Crippen LogP contribution in [0.5, 0.6) is 0 Å². The number of fused-ring (bicyclic) bond motifs is 1. The maximum Gasteiger partial charge on any atom is 0.433 e. The summed E-state index contributed by atoms with van der Waals surface area (Å²) in [6, 6.07) is 4.40. The van der Waals surface area contributed by atoms with Crippen molar-refractivity contribution in [2.24, 2.45) is 11.8 Å². The third-order valence-electron chi connectivity index (χ3n) is 5.80. The van der Waals surface area contributed by atoms with Crippen LogP contribution in [0.3, 0.4) is 0 Å². The second-order valence-corrected chi connectivity index (χ2v) is 8.59. The molecule has 154 valence electrons. The molecule has 0 saturated heterocycles. The summed E-state index contributed by atoms with van der Waals surface area (Å²) in [4.78, 5) is 17.9. The normalized spacial score (nSPS) is 22.7. The Balaban J connectivity index is 1.75. The van der Waals surface area contributed by atoms with Crippen LogP contribution in [-0.4, -0.2) is 26.5 Å². The van der Waals surface area contributed by atoms with E-state index in [9.17, 15) is 18.0 Å². The van der Waals surface area contributed by atoms with Crippen LogP contribution in [0.1, 0.15) is 49.2 Å². The molecule has 1 aliphatic rings. The van der Waals surface area contributed by atoms with Crippen LogP contribution in [0.4, 0.5) is 13.2 Å². The lowest BCUT2D eigenvalue weighted by molar-refractivity contribution is -0.142. The number of alkyl halides is 3. The van der Waals surface area contributed by atoms with Crippen molar-refractivity contribution in [3.05, 3.63) is 41.0 Å².